The van der Waals surface area contributed by atoms with Crippen LogP contribution in [-0.4, -0.2) is 34.3 Å². The van der Waals surface area contributed by atoms with Crippen molar-refractivity contribution >= 4 is 0 Å². The summed E-state index contributed by atoms with van der Waals surface area (Å²) in [5.41, 5.74) is 7.99. The lowest BCUT2D eigenvalue weighted by Crippen LogP contribution is -2.29. The van der Waals surface area contributed by atoms with Crippen LogP contribution < -0.4 is 5.73 Å². The molecule has 0 spiro atoms. The van der Waals surface area contributed by atoms with Gasteiger partial charge in [-0.25, -0.2) is 0 Å². The molecule has 0 saturated heterocycles. The van der Waals surface area contributed by atoms with E-state index in [1.807, 2.05) is 11.7 Å². The zero-order valence-corrected chi connectivity index (χ0v) is 10.0. The number of aryl methyl sites for hydroxylation is 2. The van der Waals surface area contributed by atoms with Crippen LogP contribution in [0.4, 0.5) is 0 Å². The van der Waals surface area contributed by atoms with Gasteiger partial charge in [0.2, 0.25) is 0 Å². The summed E-state index contributed by atoms with van der Waals surface area (Å²) in [6.07, 6.45) is 0.997. The van der Waals surface area contributed by atoms with E-state index in [1.54, 1.807) is 0 Å². The van der Waals surface area contributed by atoms with Crippen LogP contribution in [0.25, 0.3) is 0 Å². The molecule has 0 aliphatic carbocycles. The molecule has 0 aromatic carbocycles. The molecule has 2 N–H and O–H groups in total. The third kappa shape index (κ3) is 3.32. The van der Waals surface area contributed by atoms with Gasteiger partial charge in [-0.2, -0.15) is 5.10 Å². The quantitative estimate of drug-likeness (QED) is 0.754. The number of aromatic nitrogens is 2. The predicted octanol–water partition coefficient (Wildman–Crippen LogP) is 0.763. The first kappa shape index (κ1) is 12.2. The average Bonchev–Trinajstić information content (AvgIpc) is 2.59. The fourth-order valence-corrected chi connectivity index (χ4v) is 1.65. The molecule has 0 radical (unpaired) electrons. The Morgan fingerprint density at radius 1 is 1.47 bits per heavy atom. The molecule has 4 nitrogen and oxygen atoms in total. The van der Waals surface area contributed by atoms with Crippen molar-refractivity contribution in [2.45, 2.75) is 26.8 Å². The number of likely N-dealkylation sites (N-methyl/N-ethyl adjacent to an activating group) is 1. The van der Waals surface area contributed by atoms with E-state index in [9.17, 15) is 0 Å². The molecule has 0 saturated carbocycles. The van der Waals surface area contributed by atoms with Gasteiger partial charge in [0, 0.05) is 26.7 Å². The maximum atomic E-state index is 5.56. The summed E-state index contributed by atoms with van der Waals surface area (Å²) in [6.45, 7) is 7.92. The predicted molar refractivity (Wildman–Crippen MR) is 62.6 cm³/mol. The summed E-state index contributed by atoms with van der Waals surface area (Å²) in [4.78, 5) is 2.33. The first-order chi connectivity index (χ1) is 7.21. The van der Waals surface area contributed by atoms with E-state index in [-0.39, 0.29) is 0 Å². The van der Waals surface area contributed by atoms with Crippen LogP contribution in [0.5, 0.6) is 0 Å². The Morgan fingerprint density at radius 2 is 2.20 bits per heavy atom. The van der Waals surface area contributed by atoms with Gasteiger partial charge >= 0.3 is 0 Å². The second-order valence-corrected chi connectivity index (χ2v) is 3.76. The molecular weight excluding hydrogens is 188 g/mol. The normalized spacial score (nSPS) is 11.3. The summed E-state index contributed by atoms with van der Waals surface area (Å²) in [7, 11) is 2.00. The lowest BCUT2D eigenvalue weighted by Gasteiger charge is -2.18. The van der Waals surface area contributed by atoms with Gasteiger partial charge in [0.25, 0.3) is 0 Å². The summed E-state index contributed by atoms with van der Waals surface area (Å²) in [6, 6.07) is 2.18. The van der Waals surface area contributed by atoms with E-state index in [1.165, 1.54) is 5.69 Å². The molecule has 15 heavy (non-hydrogen) atoms. The highest BCUT2D eigenvalue weighted by Gasteiger charge is 2.07. The number of hydrogen-bond acceptors (Lipinski definition) is 3. The average molecular weight is 210 g/mol. The van der Waals surface area contributed by atoms with Gasteiger partial charge in [-0.05, 0) is 19.0 Å². The van der Waals surface area contributed by atoms with Crippen LogP contribution >= 0.6 is 0 Å². The van der Waals surface area contributed by atoms with Crippen molar-refractivity contribution in [2.75, 3.05) is 19.6 Å². The Labute approximate surface area is 92.1 Å². The van der Waals surface area contributed by atoms with Crippen molar-refractivity contribution < 1.29 is 0 Å². The molecule has 86 valence electrons. The van der Waals surface area contributed by atoms with Crippen molar-refractivity contribution in [2.24, 2.45) is 12.8 Å². The molecule has 0 aliphatic rings. The third-order valence-corrected chi connectivity index (χ3v) is 2.67. The molecule has 0 atom stereocenters. The molecule has 0 unspecified atom stereocenters. The van der Waals surface area contributed by atoms with Gasteiger partial charge in [0.05, 0.1) is 11.4 Å². The van der Waals surface area contributed by atoms with Crippen molar-refractivity contribution in [1.29, 1.82) is 0 Å². The molecular formula is C11H22N4. The largest absolute Gasteiger partial charge is 0.329 e. The highest BCUT2D eigenvalue weighted by atomic mass is 15.3. The first-order valence-electron chi connectivity index (χ1n) is 5.65. The van der Waals surface area contributed by atoms with E-state index in [4.69, 9.17) is 5.73 Å². The van der Waals surface area contributed by atoms with E-state index in [0.29, 0.717) is 6.54 Å². The van der Waals surface area contributed by atoms with Crippen molar-refractivity contribution in [1.82, 2.24) is 14.7 Å². The van der Waals surface area contributed by atoms with E-state index >= 15 is 0 Å². The molecule has 0 fully saturated rings. The number of nitrogens with zero attached hydrogens (tertiary/aromatic N) is 3. The maximum Gasteiger partial charge on any atom is 0.0625 e. The minimum atomic E-state index is 0.715. The molecule has 1 aromatic rings. The summed E-state index contributed by atoms with van der Waals surface area (Å²) >= 11 is 0. The molecule has 1 aromatic heterocycles. The second kappa shape index (κ2) is 5.88. The molecule has 1 rings (SSSR count). The topological polar surface area (TPSA) is 47.1 Å². The van der Waals surface area contributed by atoms with Crippen molar-refractivity contribution in [3.63, 3.8) is 0 Å². The van der Waals surface area contributed by atoms with Crippen molar-refractivity contribution in [3.05, 3.63) is 17.5 Å². The number of hydrogen-bond donors (Lipinski definition) is 1. The SMILES string of the molecule is CCc1cc(CN(CC)CCN)n(C)n1. The summed E-state index contributed by atoms with van der Waals surface area (Å²) in [5, 5.41) is 4.44. The zero-order chi connectivity index (χ0) is 11.3. The Bertz CT molecular complexity index is 293. The van der Waals surface area contributed by atoms with Gasteiger partial charge < -0.3 is 5.73 Å². The fraction of sp³-hybridized carbons (Fsp3) is 0.727. The highest BCUT2D eigenvalue weighted by molar-refractivity contribution is 5.10. The standard InChI is InChI=1S/C11H22N4/c1-4-10-8-11(14(3)13-10)9-15(5-2)7-6-12/h8H,4-7,9,12H2,1-3H3. The minimum absolute atomic E-state index is 0.715. The molecule has 0 aliphatic heterocycles. The van der Waals surface area contributed by atoms with E-state index in [0.717, 1.165) is 31.7 Å². The molecule has 4 heteroatoms. The van der Waals surface area contributed by atoms with Crippen LogP contribution in [0.2, 0.25) is 0 Å². The van der Waals surface area contributed by atoms with Gasteiger partial charge in [-0.15, -0.1) is 0 Å². The van der Waals surface area contributed by atoms with E-state index in [2.05, 4.69) is 29.9 Å². The van der Waals surface area contributed by atoms with Crippen LogP contribution in [0.3, 0.4) is 0 Å². The Hall–Kier alpha value is -0.870. The fourth-order valence-electron chi connectivity index (χ4n) is 1.65. The molecule has 1 heterocycles. The number of nitrogens with two attached hydrogens (primary N) is 1. The lowest BCUT2D eigenvalue weighted by molar-refractivity contribution is 0.280. The van der Waals surface area contributed by atoms with Gasteiger partial charge in [-0.1, -0.05) is 13.8 Å². The van der Waals surface area contributed by atoms with Gasteiger partial charge in [0.15, 0.2) is 0 Å². The van der Waals surface area contributed by atoms with Crippen molar-refractivity contribution in [3.8, 4) is 0 Å². The Morgan fingerprint density at radius 3 is 2.67 bits per heavy atom. The minimum Gasteiger partial charge on any atom is -0.329 e. The summed E-state index contributed by atoms with van der Waals surface area (Å²) in [5.74, 6) is 0. The van der Waals surface area contributed by atoms with Crippen LogP contribution in [-0.2, 0) is 20.0 Å². The van der Waals surface area contributed by atoms with Crippen LogP contribution in [0, 0.1) is 0 Å². The van der Waals surface area contributed by atoms with Crippen LogP contribution in [0.15, 0.2) is 6.07 Å². The second-order valence-electron chi connectivity index (χ2n) is 3.76. The zero-order valence-electron chi connectivity index (χ0n) is 10.0. The lowest BCUT2D eigenvalue weighted by atomic mass is 10.3. The maximum absolute atomic E-state index is 5.56. The Kier molecular flexibility index (Phi) is 4.78. The molecule has 0 bridgehead atoms. The smallest absolute Gasteiger partial charge is 0.0625 e. The van der Waals surface area contributed by atoms with Gasteiger partial charge in [-0.3, -0.25) is 9.58 Å². The number of rotatable bonds is 6. The summed E-state index contributed by atoms with van der Waals surface area (Å²) < 4.78 is 1.97. The Balaban J connectivity index is 2.65. The third-order valence-electron chi connectivity index (χ3n) is 2.67. The van der Waals surface area contributed by atoms with E-state index < -0.39 is 0 Å². The first-order valence-corrected chi connectivity index (χ1v) is 5.65. The monoisotopic (exact) mass is 210 g/mol. The van der Waals surface area contributed by atoms with Gasteiger partial charge in [0.1, 0.15) is 0 Å². The van der Waals surface area contributed by atoms with Crippen LogP contribution in [0.1, 0.15) is 25.2 Å². The highest BCUT2D eigenvalue weighted by Crippen LogP contribution is 2.07. The molecule has 0 amide bonds.